The predicted octanol–water partition coefficient (Wildman–Crippen LogP) is 4.54. The van der Waals surface area contributed by atoms with Crippen LogP contribution in [0.25, 0.3) is 11.1 Å². The topological polar surface area (TPSA) is 71.0 Å². The number of hydrogen-bond donors (Lipinski definition) is 1. The Labute approximate surface area is 192 Å². The molecule has 32 heavy (non-hydrogen) atoms. The van der Waals surface area contributed by atoms with Crippen LogP contribution in [0.2, 0.25) is 0 Å². The fourth-order valence-electron chi connectivity index (χ4n) is 5.08. The van der Waals surface area contributed by atoms with Crippen molar-refractivity contribution in [3.05, 3.63) is 42.2 Å². The van der Waals surface area contributed by atoms with Crippen LogP contribution >= 0.6 is 0 Å². The largest absolute Gasteiger partial charge is 0.354 e. The third-order valence-electron chi connectivity index (χ3n) is 7.21. The van der Waals surface area contributed by atoms with Crippen LogP contribution in [0.4, 0.5) is 0 Å². The first-order chi connectivity index (χ1) is 15.5. The number of carbonyl (C=O) groups is 1. The summed E-state index contributed by atoms with van der Waals surface area (Å²) in [6, 6.07) is 4.08. The van der Waals surface area contributed by atoms with Gasteiger partial charge in [-0.1, -0.05) is 13.8 Å². The molecule has 0 aromatic carbocycles. The standard InChI is InChI=1S/C26H37N5O/c1-18(2)25-28-17-23(21-10-12-27-13-11-21)24(30-25)22-8-6-20(7-9-22)16-29-26(32)19(3)31-14-4-5-15-31/h10-13,17-20,22H,4-9,14-16H2,1-3H3,(H,29,32). The van der Waals surface area contributed by atoms with Crippen LogP contribution in [0.15, 0.2) is 30.7 Å². The average Bonchev–Trinajstić information content (AvgIpc) is 3.37. The van der Waals surface area contributed by atoms with Crippen molar-refractivity contribution in [2.24, 2.45) is 5.92 Å². The summed E-state index contributed by atoms with van der Waals surface area (Å²) in [5.41, 5.74) is 3.45. The van der Waals surface area contributed by atoms with Crippen LogP contribution in [0.1, 0.15) is 82.7 Å². The number of pyridine rings is 1. The average molecular weight is 436 g/mol. The first-order valence-electron chi connectivity index (χ1n) is 12.3. The van der Waals surface area contributed by atoms with Gasteiger partial charge in [0, 0.05) is 42.5 Å². The lowest BCUT2D eigenvalue weighted by molar-refractivity contribution is -0.125. The van der Waals surface area contributed by atoms with Crippen molar-refractivity contribution in [2.45, 2.75) is 77.2 Å². The maximum Gasteiger partial charge on any atom is 0.237 e. The SMILES string of the molecule is CC(C)c1ncc(-c2ccncc2)c(C2CCC(CNC(=O)C(C)N3CCCC3)CC2)n1. The number of carbonyl (C=O) groups excluding carboxylic acids is 1. The van der Waals surface area contributed by atoms with Gasteiger partial charge in [0.25, 0.3) is 0 Å². The normalized spacial score (nSPS) is 22.8. The van der Waals surface area contributed by atoms with E-state index in [1.54, 1.807) is 0 Å². The summed E-state index contributed by atoms with van der Waals surface area (Å²) >= 11 is 0. The first kappa shape index (κ1) is 22.8. The highest BCUT2D eigenvalue weighted by Gasteiger charge is 2.28. The molecule has 6 heteroatoms. The molecule has 4 rings (SSSR count). The highest BCUT2D eigenvalue weighted by atomic mass is 16.2. The third kappa shape index (κ3) is 5.34. The number of likely N-dealkylation sites (tertiary alicyclic amines) is 1. The van der Waals surface area contributed by atoms with E-state index in [2.05, 4.69) is 34.0 Å². The summed E-state index contributed by atoms with van der Waals surface area (Å²) in [4.78, 5) is 28.7. The minimum atomic E-state index is -0.00719. The molecule has 1 aliphatic carbocycles. The lowest BCUT2D eigenvalue weighted by Gasteiger charge is -2.30. The summed E-state index contributed by atoms with van der Waals surface area (Å²) in [5.74, 6) is 2.41. The van der Waals surface area contributed by atoms with Crippen molar-refractivity contribution in [1.29, 1.82) is 0 Å². The molecule has 2 aliphatic rings. The van der Waals surface area contributed by atoms with E-state index in [0.29, 0.717) is 17.8 Å². The quantitative estimate of drug-likeness (QED) is 0.691. The number of nitrogens with one attached hydrogen (secondary N) is 1. The maximum absolute atomic E-state index is 12.6. The molecule has 2 fully saturated rings. The summed E-state index contributed by atoms with van der Waals surface area (Å²) < 4.78 is 0. The zero-order chi connectivity index (χ0) is 22.5. The Bertz CT molecular complexity index is 886. The Morgan fingerprint density at radius 2 is 1.78 bits per heavy atom. The predicted molar refractivity (Wildman–Crippen MR) is 127 cm³/mol. The number of aromatic nitrogens is 3. The highest BCUT2D eigenvalue weighted by molar-refractivity contribution is 5.81. The van der Waals surface area contributed by atoms with E-state index in [9.17, 15) is 4.79 Å². The van der Waals surface area contributed by atoms with Crippen LogP contribution in [-0.4, -0.2) is 51.4 Å². The number of hydrogen-bond acceptors (Lipinski definition) is 5. The Balaban J connectivity index is 1.38. The van der Waals surface area contributed by atoms with Gasteiger partial charge >= 0.3 is 0 Å². The molecule has 1 saturated heterocycles. The first-order valence-corrected chi connectivity index (χ1v) is 12.3. The van der Waals surface area contributed by atoms with Crippen LogP contribution in [0.5, 0.6) is 0 Å². The molecule has 1 atom stereocenters. The minimum Gasteiger partial charge on any atom is -0.354 e. The second kappa shape index (κ2) is 10.5. The summed E-state index contributed by atoms with van der Waals surface area (Å²) in [5, 5.41) is 3.23. The van der Waals surface area contributed by atoms with Gasteiger partial charge in [-0.05, 0) is 82.2 Å². The lowest BCUT2D eigenvalue weighted by Crippen LogP contribution is -2.45. The molecule has 1 saturated carbocycles. The fourth-order valence-corrected chi connectivity index (χ4v) is 5.08. The van der Waals surface area contributed by atoms with Crippen molar-refractivity contribution < 1.29 is 4.79 Å². The molecule has 3 heterocycles. The van der Waals surface area contributed by atoms with Crippen molar-refractivity contribution >= 4 is 5.91 Å². The Hall–Kier alpha value is -2.34. The highest BCUT2D eigenvalue weighted by Crippen LogP contribution is 2.39. The van der Waals surface area contributed by atoms with E-state index in [1.165, 1.54) is 18.5 Å². The van der Waals surface area contributed by atoms with Crippen molar-refractivity contribution in [3.63, 3.8) is 0 Å². The third-order valence-corrected chi connectivity index (χ3v) is 7.21. The molecule has 1 aliphatic heterocycles. The molecule has 0 radical (unpaired) electrons. The summed E-state index contributed by atoms with van der Waals surface area (Å²) in [6.07, 6.45) is 12.5. The van der Waals surface area contributed by atoms with Crippen molar-refractivity contribution in [1.82, 2.24) is 25.2 Å². The van der Waals surface area contributed by atoms with Gasteiger partial charge in [0.2, 0.25) is 5.91 Å². The number of rotatable bonds is 7. The lowest BCUT2D eigenvalue weighted by atomic mass is 9.79. The van der Waals surface area contributed by atoms with E-state index in [4.69, 9.17) is 4.98 Å². The molecule has 2 aromatic rings. The smallest absolute Gasteiger partial charge is 0.237 e. The molecule has 1 amide bonds. The van der Waals surface area contributed by atoms with Gasteiger partial charge in [0.1, 0.15) is 5.82 Å². The van der Waals surface area contributed by atoms with Crippen LogP contribution in [0.3, 0.4) is 0 Å². The van der Waals surface area contributed by atoms with E-state index in [-0.39, 0.29) is 11.9 Å². The Kier molecular flexibility index (Phi) is 7.51. The Morgan fingerprint density at radius 1 is 1.09 bits per heavy atom. The summed E-state index contributed by atoms with van der Waals surface area (Å²) in [6.45, 7) is 9.23. The van der Waals surface area contributed by atoms with Gasteiger partial charge in [-0.25, -0.2) is 9.97 Å². The molecule has 2 aromatic heterocycles. The van der Waals surface area contributed by atoms with Gasteiger partial charge in [-0.3, -0.25) is 14.7 Å². The van der Waals surface area contributed by atoms with Gasteiger partial charge in [-0.15, -0.1) is 0 Å². The molecular weight excluding hydrogens is 398 g/mol. The molecule has 6 nitrogen and oxygen atoms in total. The minimum absolute atomic E-state index is 0.00719. The molecule has 172 valence electrons. The van der Waals surface area contributed by atoms with E-state index in [0.717, 1.165) is 62.3 Å². The number of nitrogens with zero attached hydrogens (tertiary/aromatic N) is 4. The molecule has 1 N–H and O–H groups in total. The zero-order valence-corrected chi connectivity index (χ0v) is 19.8. The van der Waals surface area contributed by atoms with E-state index < -0.39 is 0 Å². The molecular formula is C26H37N5O. The fraction of sp³-hybridized carbons (Fsp3) is 0.615. The van der Waals surface area contributed by atoms with Gasteiger partial charge in [0.05, 0.1) is 11.7 Å². The van der Waals surface area contributed by atoms with Crippen LogP contribution in [0, 0.1) is 5.92 Å². The summed E-state index contributed by atoms with van der Waals surface area (Å²) in [7, 11) is 0. The van der Waals surface area contributed by atoms with Gasteiger partial charge < -0.3 is 5.32 Å². The van der Waals surface area contributed by atoms with Crippen LogP contribution in [-0.2, 0) is 4.79 Å². The Morgan fingerprint density at radius 3 is 2.44 bits per heavy atom. The van der Waals surface area contributed by atoms with E-state index >= 15 is 0 Å². The monoisotopic (exact) mass is 435 g/mol. The van der Waals surface area contributed by atoms with Crippen LogP contribution < -0.4 is 5.32 Å². The zero-order valence-electron chi connectivity index (χ0n) is 19.8. The second-order valence-electron chi connectivity index (χ2n) is 9.80. The maximum atomic E-state index is 12.6. The van der Waals surface area contributed by atoms with Crippen molar-refractivity contribution in [2.75, 3.05) is 19.6 Å². The van der Waals surface area contributed by atoms with Gasteiger partial charge in [-0.2, -0.15) is 0 Å². The number of amides is 1. The molecule has 0 spiro atoms. The van der Waals surface area contributed by atoms with E-state index in [1.807, 2.05) is 37.6 Å². The molecule has 0 bridgehead atoms. The van der Waals surface area contributed by atoms with Gasteiger partial charge in [0.15, 0.2) is 0 Å². The second-order valence-corrected chi connectivity index (χ2v) is 9.80. The van der Waals surface area contributed by atoms with Crippen molar-refractivity contribution in [3.8, 4) is 11.1 Å². The molecule has 1 unspecified atom stereocenters.